The van der Waals surface area contributed by atoms with Crippen LogP contribution in [0.5, 0.6) is 0 Å². The van der Waals surface area contributed by atoms with E-state index in [1.165, 1.54) is 12.8 Å². The number of aromatic nitrogens is 1. The lowest BCUT2D eigenvalue weighted by molar-refractivity contribution is 0.0525. The number of H-pyrrole nitrogens is 1. The van der Waals surface area contributed by atoms with Crippen LogP contribution < -0.4 is 10.9 Å². The van der Waals surface area contributed by atoms with Gasteiger partial charge in [-0.15, -0.1) is 0 Å². The molecule has 0 atom stereocenters. The zero-order chi connectivity index (χ0) is 14.8. The molecule has 0 amide bonds. The third kappa shape index (κ3) is 2.77. The fraction of sp³-hybridized carbons (Fsp3) is 0.375. The molecule has 0 aliphatic heterocycles. The lowest BCUT2D eigenvalue weighted by Gasteiger charge is -2.13. The fourth-order valence-corrected chi connectivity index (χ4v) is 2.39. The minimum absolute atomic E-state index is 0.0659. The third-order valence-electron chi connectivity index (χ3n) is 3.67. The zero-order valence-corrected chi connectivity index (χ0v) is 11.9. The predicted octanol–water partition coefficient (Wildman–Crippen LogP) is 2.53. The summed E-state index contributed by atoms with van der Waals surface area (Å²) in [5, 5.41) is 4.11. The Morgan fingerprint density at radius 2 is 2.14 bits per heavy atom. The van der Waals surface area contributed by atoms with Crippen molar-refractivity contribution in [2.45, 2.75) is 19.8 Å². The first kappa shape index (κ1) is 13.7. The number of fused-ring (bicyclic) bond motifs is 1. The van der Waals surface area contributed by atoms with E-state index in [9.17, 15) is 9.59 Å². The Labute approximate surface area is 122 Å². The molecule has 1 aromatic heterocycles. The van der Waals surface area contributed by atoms with Gasteiger partial charge in [0.05, 0.1) is 17.8 Å². The quantitative estimate of drug-likeness (QED) is 0.829. The summed E-state index contributed by atoms with van der Waals surface area (Å²) in [5.41, 5.74) is 0.954. The monoisotopic (exact) mass is 286 g/mol. The summed E-state index contributed by atoms with van der Waals surface area (Å²) >= 11 is 0. The molecule has 0 saturated heterocycles. The van der Waals surface area contributed by atoms with Crippen LogP contribution in [0, 0.1) is 5.92 Å². The maximum Gasteiger partial charge on any atom is 0.345 e. The number of nitrogens with one attached hydrogen (secondary N) is 2. The highest BCUT2D eigenvalue weighted by Gasteiger charge is 2.24. The van der Waals surface area contributed by atoms with Crippen LogP contribution in [-0.4, -0.2) is 24.1 Å². The van der Waals surface area contributed by atoms with Crippen LogP contribution in [0.4, 0.5) is 5.69 Å². The fourth-order valence-electron chi connectivity index (χ4n) is 2.39. The second kappa shape index (κ2) is 5.60. The summed E-state index contributed by atoms with van der Waals surface area (Å²) in [6, 6.07) is 7.46. The number of aromatic amines is 1. The van der Waals surface area contributed by atoms with Gasteiger partial charge in [-0.05, 0) is 31.7 Å². The number of benzene rings is 1. The van der Waals surface area contributed by atoms with E-state index in [4.69, 9.17) is 4.74 Å². The largest absolute Gasteiger partial charge is 0.462 e. The molecule has 1 heterocycles. The van der Waals surface area contributed by atoms with E-state index in [2.05, 4.69) is 10.3 Å². The number of hydrogen-bond acceptors (Lipinski definition) is 4. The number of pyridine rings is 1. The molecule has 1 aliphatic rings. The smallest absolute Gasteiger partial charge is 0.345 e. The van der Waals surface area contributed by atoms with Crippen LogP contribution in [0.25, 0.3) is 10.9 Å². The molecule has 2 N–H and O–H groups in total. The Balaban J connectivity index is 2.12. The van der Waals surface area contributed by atoms with Crippen LogP contribution in [0.2, 0.25) is 0 Å². The molecule has 1 aromatic carbocycles. The van der Waals surface area contributed by atoms with E-state index >= 15 is 0 Å². The second-order valence-corrected chi connectivity index (χ2v) is 5.29. The summed E-state index contributed by atoms with van der Waals surface area (Å²) in [5.74, 6) is 0.0564. The molecule has 1 aliphatic carbocycles. The highest BCUT2D eigenvalue weighted by Crippen LogP contribution is 2.31. The van der Waals surface area contributed by atoms with Crippen molar-refractivity contribution in [1.29, 1.82) is 0 Å². The highest BCUT2D eigenvalue weighted by molar-refractivity contribution is 6.04. The molecule has 0 unspecified atom stereocenters. The van der Waals surface area contributed by atoms with E-state index < -0.39 is 11.5 Å². The first-order valence-corrected chi connectivity index (χ1v) is 7.26. The molecule has 1 saturated carbocycles. The molecule has 0 spiro atoms. The predicted molar refractivity (Wildman–Crippen MR) is 81.7 cm³/mol. The van der Waals surface area contributed by atoms with Crippen LogP contribution in [0.15, 0.2) is 29.1 Å². The number of anilines is 1. The van der Waals surface area contributed by atoms with Crippen molar-refractivity contribution in [3.8, 4) is 0 Å². The van der Waals surface area contributed by atoms with E-state index in [0.717, 1.165) is 11.9 Å². The van der Waals surface area contributed by atoms with Crippen LogP contribution in [-0.2, 0) is 4.74 Å². The Hall–Kier alpha value is -2.30. The number of carbonyl (C=O) groups excluding carboxylic acids is 1. The number of esters is 1. The number of para-hydroxylation sites is 1. The van der Waals surface area contributed by atoms with Gasteiger partial charge in [0, 0.05) is 11.9 Å². The van der Waals surface area contributed by atoms with Crippen molar-refractivity contribution in [3.63, 3.8) is 0 Å². The first-order valence-electron chi connectivity index (χ1n) is 7.26. The Morgan fingerprint density at radius 3 is 2.86 bits per heavy atom. The van der Waals surface area contributed by atoms with Crippen molar-refractivity contribution in [2.24, 2.45) is 5.92 Å². The molecule has 2 aromatic rings. The molecular formula is C16H18N2O3. The van der Waals surface area contributed by atoms with E-state index in [1.807, 2.05) is 24.3 Å². The minimum atomic E-state index is -0.581. The van der Waals surface area contributed by atoms with Crippen molar-refractivity contribution < 1.29 is 9.53 Å². The van der Waals surface area contributed by atoms with Gasteiger partial charge in [0.25, 0.3) is 5.56 Å². The third-order valence-corrected chi connectivity index (χ3v) is 3.67. The standard InChI is InChI=1S/C16H18N2O3/c1-2-21-16(20)13-14(17-9-10-7-8-10)11-5-3-4-6-12(11)18-15(13)19/h3-6,10H,2,7-9H2,1H3,(H2,17,18,19). The van der Waals surface area contributed by atoms with Gasteiger partial charge in [0.1, 0.15) is 5.56 Å². The summed E-state index contributed by atoms with van der Waals surface area (Å²) in [6.07, 6.45) is 2.39. The first-order chi connectivity index (χ1) is 10.2. The topological polar surface area (TPSA) is 71.2 Å². The van der Waals surface area contributed by atoms with Crippen molar-refractivity contribution in [3.05, 3.63) is 40.2 Å². The Morgan fingerprint density at radius 1 is 1.38 bits per heavy atom. The van der Waals surface area contributed by atoms with Crippen molar-refractivity contribution >= 4 is 22.6 Å². The molecule has 110 valence electrons. The molecule has 3 rings (SSSR count). The average molecular weight is 286 g/mol. The lowest BCUT2D eigenvalue weighted by atomic mass is 10.1. The second-order valence-electron chi connectivity index (χ2n) is 5.29. The number of carbonyl (C=O) groups is 1. The number of ether oxygens (including phenoxy) is 1. The summed E-state index contributed by atoms with van der Waals surface area (Å²) in [7, 11) is 0. The minimum Gasteiger partial charge on any atom is -0.462 e. The van der Waals surface area contributed by atoms with Gasteiger partial charge < -0.3 is 15.0 Å². The molecule has 1 fully saturated rings. The van der Waals surface area contributed by atoms with Gasteiger partial charge in [-0.25, -0.2) is 4.79 Å². The number of rotatable bonds is 5. The molecule has 5 nitrogen and oxygen atoms in total. The zero-order valence-electron chi connectivity index (χ0n) is 11.9. The number of hydrogen-bond donors (Lipinski definition) is 2. The maximum absolute atomic E-state index is 12.2. The van der Waals surface area contributed by atoms with Gasteiger partial charge in [-0.1, -0.05) is 18.2 Å². The average Bonchev–Trinajstić information content (AvgIpc) is 3.28. The van der Waals surface area contributed by atoms with E-state index in [0.29, 0.717) is 17.1 Å². The SMILES string of the molecule is CCOC(=O)c1c(NCC2CC2)c2ccccc2[nH]c1=O. The molecule has 0 radical (unpaired) electrons. The van der Waals surface area contributed by atoms with Gasteiger partial charge >= 0.3 is 5.97 Å². The summed E-state index contributed by atoms with van der Waals surface area (Å²) < 4.78 is 5.02. The van der Waals surface area contributed by atoms with Gasteiger partial charge in [0.15, 0.2) is 0 Å². The van der Waals surface area contributed by atoms with E-state index in [-0.39, 0.29) is 12.2 Å². The summed E-state index contributed by atoms with van der Waals surface area (Å²) in [4.78, 5) is 27.1. The van der Waals surface area contributed by atoms with E-state index in [1.54, 1.807) is 6.92 Å². The van der Waals surface area contributed by atoms with Crippen molar-refractivity contribution in [2.75, 3.05) is 18.5 Å². The molecule has 5 heteroatoms. The maximum atomic E-state index is 12.2. The Bertz CT molecular complexity index is 732. The van der Waals surface area contributed by atoms with Crippen LogP contribution in [0.3, 0.4) is 0 Å². The van der Waals surface area contributed by atoms with Gasteiger partial charge in [-0.2, -0.15) is 0 Å². The van der Waals surface area contributed by atoms with Crippen LogP contribution >= 0.6 is 0 Å². The van der Waals surface area contributed by atoms with Gasteiger partial charge in [-0.3, -0.25) is 4.79 Å². The Kier molecular flexibility index (Phi) is 3.64. The lowest BCUT2D eigenvalue weighted by Crippen LogP contribution is -2.23. The molecular weight excluding hydrogens is 268 g/mol. The summed E-state index contributed by atoms with van der Waals surface area (Å²) in [6.45, 7) is 2.75. The van der Waals surface area contributed by atoms with Crippen molar-refractivity contribution in [1.82, 2.24) is 4.98 Å². The molecule has 0 bridgehead atoms. The van der Waals surface area contributed by atoms with Crippen LogP contribution in [0.1, 0.15) is 30.1 Å². The van der Waals surface area contributed by atoms with Gasteiger partial charge in [0.2, 0.25) is 0 Å². The highest BCUT2D eigenvalue weighted by atomic mass is 16.5. The molecule has 21 heavy (non-hydrogen) atoms. The normalized spacial score (nSPS) is 14.1.